The molecule has 0 saturated carbocycles. The molecule has 0 amide bonds. The highest BCUT2D eigenvalue weighted by Gasteiger charge is 2.18. The van der Waals surface area contributed by atoms with Crippen LogP contribution in [-0.2, 0) is 9.47 Å². The van der Waals surface area contributed by atoms with Crippen molar-refractivity contribution in [1.29, 1.82) is 0 Å². The molecule has 22 heavy (non-hydrogen) atoms. The Morgan fingerprint density at radius 2 is 1.95 bits per heavy atom. The van der Waals surface area contributed by atoms with E-state index in [1.165, 1.54) is 12.8 Å². The van der Waals surface area contributed by atoms with Crippen LogP contribution >= 0.6 is 0 Å². The lowest BCUT2D eigenvalue weighted by molar-refractivity contribution is -0.0318. The average Bonchev–Trinajstić information content (AvgIpc) is 2.55. The van der Waals surface area contributed by atoms with Gasteiger partial charge in [-0.25, -0.2) is 0 Å². The molecule has 128 valence electrons. The lowest BCUT2D eigenvalue weighted by Crippen LogP contribution is -2.45. The van der Waals surface area contributed by atoms with Gasteiger partial charge in [0.05, 0.1) is 6.10 Å². The predicted octanol–water partition coefficient (Wildman–Crippen LogP) is 2.27. The Morgan fingerprint density at radius 1 is 1.23 bits per heavy atom. The van der Waals surface area contributed by atoms with E-state index in [1.807, 2.05) is 0 Å². The standard InChI is InChI=1S/C17H33N3O2/c1-3-18-17(20-10-5-15(2)6-11-20)19-9-4-12-22-16-7-13-21-14-8-16/h15-16H,3-14H2,1-2H3,(H,18,19). The Hall–Kier alpha value is -0.810. The van der Waals surface area contributed by atoms with E-state index in [0.29, 0.717) is 6.10 Å². The van der Waals surface area contributed by atoms with E-state index in [4.69, 9.17) is 14.5 Å². The van der Waals surface area contributed by atoms with Gasteiger partial charge in [0.1, 0.15) is 0 Å². The maximum Gasteiger partial charge on any atom is 0.193 e. The summed E-state index contributed by atoms with van der Waals surface area (Å²) in [5.41, 5.74) is 0. The number of hydrogen-bond acceptors (Lipinski definition) is 3. The molecule has 0 bridgehead atoms. The molecule has 1 N–H and O–H groups in total. The third-order valence-corrected chi connectivity index (χ3v) is 4.50. The fraction of sp³-hybridized carbons (Fsp3) is 0.941. The first-order valence-corrected chi connectivity index (χ1v) is 9.02. The lowest BCUT2D eigenvalue weighted by atomic mass is 10.00. The second-order valence-corrected chi connectivity index (χ2v) is 6.44. The normalized spacial score (nSPS) is 22.1. The van der Waals surface area contributed by atoms with E-state index >= 15 is 0 Å². The topological polar surface area (TPSA) is 46.1 Å². The van der Waals surface area contributed by atoms with Crippen LogP contribution in [0, 0.1) is 5.92 Å². The number of hydrogen-bond donors (Lipinski definition) is 1. The zero-order valence-corrected chi connectivity index (χ0v) is 14.4. The zero-order valence-electron chi connectivity index (χ0n) is 14.4. The van der Waals surface area contributed by atoms with Crippen molar-refractivity contribution in [1.82, 2.24) is 10.2 Å². The summed E-state index contributed by atoms with van der Waals surface area (Å²) in [6.07, 6.45) is 6.02. The van der Waals surface area contributed by atoms with E-state index in [0.717, 1.165) is 77.1 Å². The van der Waals surface area contributed by atoms with Gasteiger partial charge in [0.25, 0.3) is 0 Å². The van der Waals surface area contributed by atoms with Gasteiger partial charge in [0, 0.05) is 46.0 Å². The fourth-order valence-corrected chi connectivity index (χ4v) is 2.99. The molecule has 0 aliphatic carbocycles. The third-order valence-electron chi connectivity index (χ3n) is 4.50. The minimum absolute atomic E-state index is 0.398. The Labute approximate surface area is 135 Å². The summed E-state index contributed by atoms with van der Waals surface area (Å²) in [7, 11) is 0. The van der Waals surface area contributed by atoms with Crippen molar-refractivity contribution in [3.05, 3.63) is 0 Å². The molecule has 2 aliphatic heterocycles. The monoisotopic (exact) mass is 311 g/mol. The summed E-state index contributed by atoms with van der Waals surface area (Å²) in [4.78, 5) is 7.18. The predicted molar refractivity (Wildman–Crippen MR) is 90.4 cm³/mol. The van der Waals surface area contributed by atoms with E-state index < -0.39 is 0 Å². The maximum atomic E-state index is 5.90. The van der Waals surface area contributed by atoms with E-state index in [-0.39, 0.29) is 0 Å². The second-order valence-electron chi connectivity index (χ2n) is 6.44. The second kappa shape index (κ2) is 10.1. The van der Waals surface area contributed by atoms with E-state index in [9.17, 15) is 0 Å². The van der Waals surface area contributed by atoms with Gasteiger partial charge in [0.2, 0.25) is 0 Å². The Kier molecular flexibility index (Phi) is 8.02. The molecule has 0 aromatic carbocycles. The van der Waals surface area contributed by atoms with E-state index in [1.54, 1.807) is 0 Å². The van der Waals surface area contributed by atoms with Gasteiger partial charge < -0.3 is 19.7 Å². The molecule has 0 atom stereocenters. The number of nitrogens with one attached hydrogen (secondary N) is 1. The molecule has 0 unspecified atom stereocenters. The number of rotatable bonds is 6. The molecule has 2 saturated heterocycles. The summed E-state index contributed by atoms with van der Waals surface area (Å²) in [5, 5.41) is 3.43. The van der Waals surface area contributed by atoms with Gasteiger partial charge in [-0.05, 0) is 44.9 Å². The van der Waals surface area contributed by atoms with Gasteiger partial charge in [-0.2, -0.15) is 0 Å². The summed E-state index contributed by atoms with van der Waals surface area (Å²) in [6, 6.07) is 0. The Morgan fingerprint density at radius 3 is 2.64 bits per heavy atom. The number of guanidine groups is 1. The molecular weight excluding hydrogens is 278 g/mol. The van der Waals surface area contributed by atoms with Gasteiger partial charge >= 0.3 is 0 Å². The van der Waals surface area contributed by atoms with Crippen LogP contribution in [0.25, 0.3) is 0 Å². The van der Waals surface area contributed by atoms with Crippen LogP contribution < -0.4 is 5.32 Å². The summed E-state index contributed by atoms with van der Waals surface area (Å²) in [6.45, 7) is 11.0. The number of aliphatic imine (C=N–C) groups is 1. The highest BCUT2D eigenvalue weighted by Crippen LogP contribution is 2.16. The molecule has 2 fully saturated rings. The molecule has 2 aliphatic rings. The van der Waals surface area contributed by atoms with Gasteiger partial charge in [-0.15, -0.1) is 0 Å². The Bertz CT molecular complexity index is 322. The largest absolute Gasteiger partial charge is 0.381 e. The van der Waals surface area contributed by atoms with Crippen molar-refractivity contribution in [2.45, 2.75) is 52.1 Å². The molecule has 0 aromatic heterocycles. The van der Waals surface area contributed by atoms with Crippen molar-refractivity contribution in [2.24, 2.45) is 10.9 Å². The van der Waals surface area contributed by atoms with Gasteiger partial charge in [-0.1, -0.05) is 6.92 Å². The molecule has 0 radical (unpaired) electrons. The molecule has 5 heteroatoms. The van der Waals surface area contributed by atoms with Crippen LogP contribution in [0.3, 0.4) is 0 Å². The zero-order chi connectivity index (χ0) is 15.6. The molecule has 2 rings (SSSR count). The first-order valence-electron chi connectivity index (χ1n) is 9.02. The van der Waals surface area contributed by atoms with Crippen LogP contribution in [0.15, 0.2) is 4.99 Å². The first-order chi connectivity index (χ1) is 10.8. The number of ether oxygens (including phenoxy) is 2. The van der Waals surface area contributed by atoms with Crippen LogP contribution in [0.4, 0.5) is 0 Å². The van der Waals surface area contributed by atoms with Crippen LogP contribution in [-0.4, -0.2) is 63.0 Å². The van der Waals surface area contributed by atoms with Crippen molar-refractivity contribution in [3.8, 4) is 0 Å². The average molecular weight is 311 g/mol. The van der Waals surface area contributed by atoms with Crippen molar-refractivity contribution >= 4 is 5.96 Å². The van der Waals surface area contributed by atoms with Crippen LogP contribution in [0.5, 0.6) is 0 Å². The molecule has 0 aromatic rings. The molecular formula is C17H33N3O2. The summed E-state index contributed by atoms with van der Waals surface area (Å²) >= 11 is 0. The van der Waals surface area contributed by atoms with Gasteiger partial charge in [0.15, 0.2) is 5.96 Å². The quantitative estimate of drug-likeness (QED) is 0.464. The van der Waals surface area contributed by atoms with Crippen LogP contribution in [0.2, 0.25) is 0 Å². The van der Waals surface area contributed by atoms with Gasteiger partial charge in [-0.3, -0.25) is 4.99 Å². The molecule has 5 nitrogen and oxygen atoms in total. The van der Waals surface area contributed by atoms with Crippen LogP contribution in [0.1, 0.15) is 46.0 Å². The molecule has 2 heterocycles. The third kappa shape index (κ3) is 6.13. The first kappa shape index (κ1) is 17.5. The number of likely N-dealkylation sites (tertiary alicyclic amines) is 1. The van der Waals surface area contributed by atoms with Crippen molar-refractivity contribution < 1.29 is 9.47 Å². The maximum absolute atomic E-state index is 5.90. The summed E-state index contributed by atoms with van der Waals surface area (Å²) in [5.74, 6) is 1.94. The number of nitrogens with zero attached hydrogens (tertiary/aromatic N) is 2. The molecule has 0 spiro atoms. The highest BCUT2D eigenvalue weighted by molar-refractivity contribution is 5.80. The highest BCUT2D eigenvalue weighted by atomic mass is 16.5. The minimum atomic E-state index is 0.398. The van der Waals surface area contributed by atoms with Crippen molar-refractivity contribution in [2.75, 3.05) is 46.0 Å². The smallest absolute Gasteiger partial charge is 0.193 e. The summed E-state index contributed by atoms with van der Waals surface area (Å²) < 4.78 is 11.2. The van der Waals surface area contributed by atoms with E-state index in [2.05, 4.69) is 24.1 Å². The lowest BCUT2D eigenvalue weighted by Gasteiger charge is -2.33. The van der Waals surface area contributed by atoms with Crippen molar-refractivity contribution in [3.63, 3.8) is 0 Å². The fourth-order valence-electron chi connectivity index (χ4n) is 2.99. The Balaban J connectivity index is 1.66. The minimum Gasteiger partial charge on any atom is -0.381 e. The SMILES string of the molecule is CCNC(=NCCCOC1CCOCC1)N1CCC(C)CC1. The number of piperidine rings is 1.